The Morgan fingerprint density at radius 3 is 1.24 bits per heavy atom. The van der Waals surface area contributed by atoms with Crippen LogP contribution in [-0.4, -0.2) is 27.8 Å². The zero-order valence-electron chi connectivity index (χ0n) is 50.3. The van der Waals surface area contributed by atoms with Gasteiger partial charge in [-0.05, 0) is 107 Å². The first-order valence-corrected chi connectivity index (χ1v) is 32.1. The van der Waals surface area contributed by atoms with Gasteiger partial charge in [-0.1, -0.05) is 291 Å². The van der Waals surface area contributed by atoms with Crippen molar-refractivity contribution in [2.75, 3.05) is 0 Å². The van der Waals surface area contributed by atoms with E-state index in [0.29, 0.717) is 39.3 Å². The highest BCUT2D eigenvalue weighted by Crippen LogP contribution is 2.62. The minimum absolute atomic E-state index is 0.0993. The number of Topliss-reactive ketones (excluding diaryl/α,β-unsaturated/α-hetero) is 1. The van der Waals surface area contributed by atoms with Crippen LogP contribution in [0.3, 0.4) is 0 Å². The third-order valence-corrected chi connectivity index (χ3v) is 17.3. The molecule has 452 valence electrons. The first kappa shape index (κ1) is 60.6. The van der Waals surface area contributed by atoms with E-state index < -0.39 is 20.1 Å². The van der Waals surface area contributed by atoms with Crippen molar-refractivity contribution in [2.24, 2.45) is 0 Å². The topological polar surface area (TPSA) is 122 Å². The van der Waals surface area contributed by atoms with Crippen molar-refractivity contribution in [3.8, 4) is 67.1 Å². The van der Waals surface area contributed by atoms with E-state index in [1.807, 2.05) is 140 Å². The van der Waals surface area contributed by atoms with Gasteiger partial charge in [0.1, 0.15) is 11.5 Å². The van der Waals surface area contributed by atoms with Gasteiger partial charge in [0.25, 0.3) is 5.91 Å². The summed E-state index contributed by atoms with van der Waals surface area (Å²) in [6.45, 7) is 0. The van der Waals surface area contributed by atoms with Crippen LogP contribution in [0.4, 0.5) is 4.39 Å². The normalized spacial score (nSPS) is 12.8. The van der Waals surface area contributed by atoms with Gasteiger partial charge in [-0.25, -0.2) is 8.96 Å². The molecule has 0 spiro atoms. The molecule has 0 bridgehead atoms. The quantitative estimate of drug-likeness (QED) is 0.0823. The summed E-state index contributed by atoms with van der Waals surface area (Å²) in [7, 11) is -4.84. The van der Waals surface area contributed by atoms with Gasteiger partial charge in [0.15, 0.2) is 12.0 Å². The predicted octanol–water partition coefficient (Wildman–Crippen LogP) is 20.9. The fraction of sp³-hybridized carbons (Fsp3) is 0.0361. The highest BCUT2D eigenvalue weighted by Gasteiger charge is 2.38. The molecule has 15 rings (SSSR count). The van der Waals surface area contributed by atoms with Crippen LogP contribution in [0.25, 0.3) is 105 Å². The molecule has 2 unspecified atom stereocenters. The molecular formula is C83H61FNO7P. The molecule has 0 aromatic heterocycles. The lowest BCUT2D eigenvalue weighted by Gasteiger charge is -2.21. The lowest BCUT2D eigenvalue weighted by Crippen LogP contribution is -2.19. The van der Waals surface area contributed by atoms with E-state index in [1.165, 1.54) is 0 Å². The lowest BCUT2D eigenvalue weighted by atomic mass is 9.82. The number of hydrogen-bond acceptors (Lipinski definition) is 6. The number of phosphoric ester groups is 1. The third kappa shape index (κ3) is 13.2. The van der Waals surface area contributed by atoms with Crippen molar-refractivity contribution >= 4 is 68.7 Å². The van der Waals surface area contributed by atoms with E-state index in [9.17, 15) is 28.5 Å². The van der Waals surface area contributed by atoms with Crippen molar-refractivity contribution in [1.29, 1.82) is 0 Å². The standard InChI is InChI=1S/C52H33O4P.C16H15FO2.C15H13NO/c53-57(54)55-51-45(31-37-21-9-13-25-41(37)49(51)47-39-23-11-7-19-35(39)27-29-43(47)33-15-3-1-4-16-33)46-32-38-22-10-14-26-42(38)50(52(46)56-57)48-40-24-12-8-20-36(40)28-30-44(48)34-17-5-2-6-18-34;17-16(13-9-5-2-6-10-13)15(19)11-14(18)12-7-3-1-4-8-12;17-15(14-9-5-2-6-10-14)16-12-11-13-7-3-1-4-8-13/h1-32H,(H,53,54);1-10,15-16,19H,11H2;1-12H,(H,16,17)/b;;12-11-. The fourth-order valence-corrected chi connectivity index (χ4v) is 13.0. The average molecular weight is 1230 g/mol. The maximum absolute atomic E-state index is 14.8. The number of amides is 1. The fourth-order valence-electron chi connectivity index (χ4n) is 12.1. The van der Waals surface area contributed by atoms with Crippen LogP contribution >= 0.6 is 7.82 Å². The number of alkyl halides is 1. The van der Waals surface area contributed by atoms with Crippen LogP contribution in [0.2, 0.25) is 0 Å². The van der Waals surface area contributed by atoms with Crippen molar-refractivity contribution < 1.29 is 37.6 Å². The predicted molar refractivity (Wildman–Crippen MR) is 376 cm³/mol. The number of phosphoric acid groups is 1. The Morgan fingerprint density at radius 1 is 0.419 bits per heavy atom. The summed E-state index contributed by atoms with van der Waals surface area (Å²) < 4.78 is 41.7. The maximum atomic E-state index is 14.8. The van der Waals surface area contributed by atoms with Crippen LogP contribution in [0, 0.1) is 0 Å². The Hall–Kier alpha value is -11.3. The molecule has 1 amide bonds. The Labute approximate surface area is 538 Å². The van der Waals surface area contributed by atoms with Crippen LogP contribution in [0.5, 0.6) is 11.5 Å². The summed E-state index contributed by atoms with van der Waals surface area (Å²) in [5.74, 6) is 0.243. The van der Waals surface area contributed by atoms with E-state index in [-0.39, 0.29) is 18.1 Å². The third-order valence-electron chi connectivity index (χ3n) is 16.5. The van der Waals surface area contributed by atoms with E-state index in [2.05, 4.69) is 115 Å². The van der Waals surface area contributed by atoms with Crippen molar-refractivity contribution in [3.63, 3.8) is 0 Å². The van der Waals surface area contributed by atoms with E-state index in [4.69, 9.17) is 9.05 Å². The molecular weight excluding hydrogens is 1170 g/mol. The molecule has 10 heteroatoms. The maximum Gasteiger partial charge on any atom is 0.584 e. The number of carbonyl (C=O) groups is 2. The molecule has 14 aromatic rings. The number of nitrogens with one attached hydrogen (secondary N) is 1. The SMILES string of the molecule is O=C(CC(O)C(F)c1ccccc1)c1ccccc1.O=C(N/C=C\c1ccccc1)c1ccccc1.O=P1(O)Oc2c(cc3ccccc3c2-c2c(-c3ccccc3)ccc3ccccc23)-c2cc3ccccc3c(-c3c(-c4ccccc4)ccc4ccccc34)c2O1. The van der Waals surface area contributed by atoms with E-state index >= 15 is 0 Å². The van der Waals surface area contributed by atoms with Crippen molar-refractivity contribution in [3.05, 3.63) is 344 Å². The molecule has 0 aliphatic carbocycles. The minimum Gasteiger partial charge on any atom is -0.394 e. The van der Waals surface area contributed by atoms with Crippen LogP contribution in [0.1, 0.15) is 44.4 Å². The van der Waals surface area contributed by atoms with Crippen molar-refractivity contribution in [2.45, 2.75) is 18.7 Å². The Morgan fingerprint density at radius 2 is 0.785 bits per heavy atom. The lowest BCUT2D eigenvalue weighted by molar-refractivity contribution is 0.0597. The summed E-state index contributed by atoms with van der Waals surface area (Å²) in [6.07, 6.45) is 0.426. The van der Waals surface area contributed by atoms with Crippen molar-refractivity contribution in [1.82, 2.24) is 5.32 Å². The van der Waals surface area contributed by atoms with E-state index in [1.54, 1.807) is 79.0 Å². The number of benzene rings is 14. The molecule has 0 saturated heterocycles. The van der Waals surface area contributed by atoms with Gasteiger partial charge < -0.3 is 19.5 Å². The number of carbonyl (C=O) groups excluding carboxylic acids is 2. The van der Waals surface area contributed by atoms with Gasteiger partial charge in [0, 0.05) is 57.1 Å². The number of ketones is 1. The first-order valence-electron chi connectivity index (χ1n) is 30.6. The number of fused-ring (bicyclic) bond motifs is 7. The second kappa shape index (κ2) is 27.4. The highest BCUT2D eigenvalue weighted by atomic mass is 31.2. The highest BCUT2D eigenvalue weighted by molar-refractivity contribution is 7.48. The van der Waals surface area contributed by atoms with Crippen LogP contribution in [0.15, 0.2) is 322 Å². The number of aliphatic hydroxyl groups is 1. The molecule has 0 radical (unpaired) electrons. The molecule has 1 aliphatic rings. The number of halogens is 1. The average Bonchev–Trinajstić information content (AvgIpc) is 1.71. The largest absolute Gasteiger partial charge is 0.584 e. The summed E-state index contributed by atoms with van der Waals surface area (Å²) in [4.78, 5) is 35.6. The molecule has 0 fully saturated rings. The Balaban J connectivity index is 0.000000178. The van der Waals surface area contributed by atoms with E-state index in [0.717, 1.165) is 93.2 Å². The summed E-state index contributed by atoms with van der Waals surface area (Å²) in [6, 6.07) is 102. The van der Waals surface area contributed by atoms with Gasteiger partial charge in [-0.2, -0.15) is 0 Å². The van der Waals surface area contributed by atoms with Crippen LogP contribution < -0.4 is 14.4 Å². The molecule has 93 heavy (non-hydrogen) atoms. The smallest absolute Gasteiger partial charge is 0.394 e. The van der Waals surface area contributed by atoms with Gasteiger partial charge >= 0.3 is 7.82 Å². The van der Waals surface area contributed by atoms with Gasteiger partial charge in [0.05, 0.1) is 6.10 Å². The molecule has 0 saturated carbocycles. The molecule has 1 aliphatic heterocycles. The number of rotatable bonds is 12. The Bertz CT molecular complexity index is 4880. The molecule has 8 nitrogen and oxygen atoms in total. The molecule has 3 N–H and O–H groups in total. The summed E-state index contributed by atoms with van der Waals surface area (Å²) in [5, 5.41) is 20.4. The van der Waals surface area contributed by atoms with Crippen LogP contribution in [-0.2, 0) is 4.57 Å². The Kier molecular flexibility index (Phi) is 17.9. The summed E-state index contributed by atoms with van der Waals surface area (Å²) >= 11 is 0. The van der Waals surface area contributed by atoms with Gasteiger partial charge in [0.2, 0.25) is 0 Å². The summed E-state index contributed by atoms with van der Waals surface area (Å²) in [5.41, 5.74) is 11.2. The second-order valence-electron chi connectivity index (χ2n) is 22.5. The zero-order chi connectivity index (χ0) is 63.7. The zero-order valence-corrected chi connectivity index (χ0v) is 51.2. The molecule has 1 heterocycles. The minimum atomic E-state index is -4.84. The number of aliphatic hydroxyl groups excluding tert-OH is 1. The van der Waals surface area contributed by atoms with Gasteiger partial charge in [-0.15, -0.1) is 0 Å². The van der Waals surface area contributed by atoms with Gasteiger partial charge in [-0.3, -0.25) is 14.5 Å². The molecule has 14 aromatic carbocycles. The number of hydrogen-bond donors (Lipinski definition) is 3. The monoisotopic (exact) mass is 1230 g/mol. The molecule has 2 atom stereocenters. The second-order valence-corrected chi connectivity index (χ2v) is 23.8. The first-order chi connectivity index (χ1) is 45.6.